The van der Waals surface area contributed by atoms with Crippen LogP contribution in [0, 0.1) is 0 Å². The number of ether oxygens (including phenoxy) is 1. The lowest BCUT2D eigenvalue weighted by Crippen LogP contribution is -2.37. The molecule has 0 aliphatic carbocycles. The van der Waals surface area contributed by atoms with Crippen LogP contribution >= 0.6 is 0 Å². The monoisotopic (exact) mass is 410 g/mol. The number of carbonyl (C=O) groups excluding carboxylic acids is 3. The summed E-state index contributed by atoms with van der Waals surface area (Å²) in [5, 5.41) is 3.56. The molecule has 0 aromatic heterocycles. The van der Waals surface area contributed by atoms with E-state index in [1.54, 1.807) is 6.21 Å². The molecule has 158 valence electrons. The van der Waals surface area contributed by atoms with Gasteiger partial charge in [0, 0.05) is 0 Å². The van der Waals surface area contributed by atoms with Crippen molar-refractivity contribution in [3.8, 4) is 11.1 Å². The van der Waals surface area contributed by atoms with Gasteiger partial charge in [0.05, 0.1) is 18.7 Å². The third-order valence-corrected chi connectivity index (χ3v) is 4.55. The zero-order chi connectivity index (χ0) is 22.1. The zero-order valence-electron chi connectivity index (χ0n) is 16.8. The van der Waals surface area contributed by atoms with Gasteiger partial charge in [-0.05, 0) is 46.7 Å². The maximum absolute atomic E-state index is 12.0. The van der Waals surface area contributed by atoms with Gasteiger partial charge in [-0.3, -0.25) is 4.79 Å². The molecule has 0 spiro atoms. The van der Waals surface area contributed by atoms with E-state index < -0.39 is 24.0 Å². The summed E-state index contributed by atoms with van der Waals surface area (Å²) in [7, 11) is 0. The molecular weight excluding hydrogens is 384 g/mol. The van der Waals surface area contributed by atoms with E-state index in [2.05, 4.69) is 16.8 Å². The molecule has 2 unspecified atom stereocenters. The van der Waals surface area contributed by atoms with Gasteiger partial charge in [0.1, 0.15) is 12.3 Å². The minimum atomic E-state index is -1.01. The number of nitrogens with two attached hydrogens (primary N) is 3. The Kier molecular flexibility index (Phi) is 8.40. The summed E-state index contributed by atoms with van der Waals surface area (Å²) >= 11 is 0. The molecule has 0 heterocycles. The fraction of sp³-hybridized carbons (Fsp3) is 0.273. The summed E-state index contributed by atoms with van der Waals surface area (Å²) in [6.45, 7) is 2.07. The van der Waals surface area contributed by atoms with Crippen molar-refractivity contribution >= 4 is 24.4 Å². The second-order valence-corrected chi connectivity index (χ2v) is 6.85. The molecule has 0 aliphatic rings. The van der Waals surface area contributed by atoms with Crippen LogP contribution in [0.5, 0.6) is 0 Å². The highest BCUT2D eigenvalue weighted by Crippen LogP contribution is 2.25. The number of nitrogens with zero attached hydrogens (tertiary/aromatic N) is 1. The van der Waals surface area contributed by atoms with Crippen LogP contribution in [0.2, 0.25) is 0 Å². The van der Waals surface area contributed by atoms with E-state index in [4.69, 9.17) is 17.3 Å². The van der Waals surface area contributed by atoms with Gasteiger partial charge in [0.15, 0.2) is 0 Å². The standard InChI is InChI=1S/C22H26N4O4/c1-2-16-9-15(12-26-25)5-8-19(16)17-6-3-14(4-7-17)10-20(24)22(29)30-21(28)11-18(23)13-27/h3-9,12-13,18,20H,2,10-11,23-25H2,1H3. The molecule has 0 fully saturated rings. The molecule has 6 N–H and O–H groups in total. The van der Waals surface area contributed by atoms with Gasteiger partial charge >= 0.3 is 11.9 Å². The summed E-state index contributed by atoms with van der Waals surface area (Å²) in [5.74, 6) is 3.49. The summed E-state index contributed by atoms with van der Waals surface area (Å²) < 4.78 is 4.65. The van der Waals surface area contributed by atoms with Gasteiger partial charge in [-0.2, -0.15) is 5.10 Å². The number of hydrogen-bond donors (Lipinski definition) is 3. The van der Waals surface area contributed by atoms with Crippen LogP contribution in [0.1, 0.15) is 30.0 Å². The van der Waals surface area contributed by atoms with Crippen LogP contribution in [0.25, 0.3) is 11.1 Å². The van der Waals surface area contributed by atoms with Crippen LogP contribution < -0.4 is 17.3 Å². The number of aldehydes is 1. The molecule has 0 aliphatic heterocycles. The Morgan fingerprint density at radius 2 is 1.83 bits per heavy atom. The molecule has 30 heavy (non-hydrogen) atoms. The minimum Gasteiger partial charge on any atom is -0.392 e. The lowest BCUT2D eigenvalue weighted by atomic mass is 9.95. The molecule has 2 aromatic rings. The number of esters is 2. The Balaban J connectivity index is 2.04. The van der Waals surface area contributed by atoms with Crippen LogP contribution in [-0.4, -0.2) is 36.5 Å². The molecule has 0 saturated heterocycles. The van der Waals surface area contributed by atoms with E-state index in [0.717, 1.165) is 34.2 Å². The maximum atomic E-state index is 12.0. The van der Waals surface area contributed by atoms with Crippen LogP contribution in [0.4, 0.5) is 0 Å². The van der Waals surface area contributed by atoms with Gasteiger partial charge in [0.25, 0.3) is 0 Å². The predicted molar refractivity (Wildman–Crippen MR) is 114 cm³/mol. The molecule has 0 saturated carbocycles. The Hall–Kier alpha value is -3.36. The van der Waals surface area contributed by atoms with Crippen LogP contribution in [0.15, 0.2) is 47.6 Å². The number of hydrogen-bond acceptors (Lipinski definition) is 8. The average molecular weight is 410 g/mol. The van der Waals surface area contributed by atoms with Crippen molar-refractivity contribution in [2.75, 3.05) is 0 Å². The smallest absolute Gasteiger partial charge is 0.330 e. The third-order valence-electron chi connectivity index (χ3n) is 4.55. The van der Waals surface area contributed by atoms with Gasteiger partial charge in [-0.15, -0.1) is 0 Å². The summed E-state index contributed by atoms with van der Waals surface area (Å²) in [6, 6.07) is 11.6. The van der Waals surface area contributed by atoms with Crippen molar-refractivity contribution in [3.05, 3.63) is 59.2 Å². The van der Waals surface area contributed by atoms with Crippen LogP contribution in [-0.2, 0) is 32.0 Å². The lowest BCUT2D eigenvalue weighted by molar-refractivity contribution is -0.161. The van der Waals surface area contributed by atoms with E-state index in [0.29, 0.717) is 6.29 Å². The normalized spacial score (nSPS) is 13.0. The fourth-order valence-electron chi connectivity index (χ4n) is 2.98. The molecule has 2 atom stereocenters. The highest BCUT2D eigenvalue weighted by atomic mass is 16.6. The number of benzene rings is 2. The SMILES string of the molecule is CCc1cc(C=NN)ccc1-c1ccc(CC(N)C(=O)OC(=O)CC(N)C=O)cc1. The summed E-state index contributed by atoms with van der Waals surface area (Å²) in [6.07, 6.45) is 2.70. The minimum absolute atomic E-state index is 0.207. The van der Waals surface area contributed by atoms with Crippen molar-refractivity contribution in [3.63, 3.8) is 0 Å². The molecule has 8 heteroatoms. The Morgan fingerprint density at radius 1 is 1.13 bits per heavy atom. The topological polar surface area (TPSA) is 151 Å². The van der Waals surface area contributed by atoms with Crippen molar-refractivity contribution in [2.45, 2.75) is 38.3 Å². The molecule has 2 aromatic carbocycles. The Bertz CT molecular complexity index is 925. The zero-order valence-corrected chi connectivity index (χ0v) is 16.8. The second-order valence-electron chi connectivity index (χ2n) is 6.85. The molecular formula is C22H26N4O4. The van der Waals surface area contributed by atoms with E-state index in [1.807, 2.05) is 42.5 Å². The molecule has 2 rings (SSSR count). The fourth-order valence-corrected chi connectivity index (χ4v) is 2.98. The third kappa shape index (κ3) is 6.33. The highest BCUT2D eigenvalue weighted by Gasteiger charge is 2.20. The summed E-state index contributed by atoms with van der Waals surface area (Å²) in [4.78, 5) is 34.0. The van der Waals surface area contributed by atoms with Crippen molar-refractivity contribution in [1.82, 2.24) is 0 Å². The van der Waals surface area contributed by atoms with Gasteiger partial charge in [0.2, 0.25) is 0 Å². The quantitative estimate of drug-likeness (QED) is 0.140. The van der Waals surface area contributed by atoms with Crippen molar-refractivity contribution in [1.29, 1.82) is 0 Å². The van der Waals surface area contributed by atoms with E-state index >= 15 is 0 Å². The highest BCUT2D eigenvalue weighted by molar-refractivity contribution is 5.89. The number of rotatable bonds is 9. The largest absolute Gasteiger partial charge is 0.392 e. The van der Waals surface area contributed by atoms with E-state index in [9.17, 15) is 14.4 Å². The number of aryl methyl sites for hydroxylation is 1. The maximum Gasteiger partial charge on any atom is 0.330 e. The first-order chi connectivity index (χ1) is 14.4. The van der Waals surface area contributed by atoms with Crippen molar-refractivity contribution in [2.24, 2.45) is 22.4 Å². The molecule has 0 amide bonds. The molecule has 0 bridgehead atoms. The summed E-state index contributed by atoms with van der Waals surface area (Å²) in [5.41, 5.74) is 16.2. The van der Waals surface area contributed by atoms with Crippen molar-refractivity contribution < 1.29 is 19.1 Å². The number of carbonyl (C=O) groups is 3. The first-order valence-electron chi connectivity index (χ1n) is 9.54. The average Bonchev–Trinajstić information content (AvgIpc) is 2.74. The number of hydrazone groups is 1. The Labute approximate surface area is 175 Å². The van der Waals surface area contributed by atoms with Gasteiger partial charge in [-0.1, -0.05) is 43.3 Å². The first kappa shape index (κ1) is 22.9. The molecule has 8 nitrogen and oxygen atoms in total. The predicted octanol–water partition coefficient (Wildman–Crippen LogP) is 1.06. The lowest BCUT2D eigenvalue weighted by Gasteiger charge is -2.13. The van der Waals surface area contributed by atoms with Crippen LogP contribution in [0.3, 0.4) is 0 Å². The second kappa shape index (κ2) is 11.0. The Morgan fingerprint density at radius 3 is 2.43 bits per heavy atom. The van der Waals surface area contributed by atoms with E-state index in [-0.39, 0.29) is 12.8 Å². The van der Waals surface area contributed by atoms with Gasteiger partial charge < -0.3 is 26.8 Å². The van der Waals surface area contributed by atoms with E-state index in [1.165, 1.54) is 0 Å². The first-order valence-corrected chi connectivity index (χ1v) is 9.54. The van der Waals surface area contributed by atoms with Gasteiger partial charge in [-0.25, -0.2) is 4.79 Å². The molecule has 0 radical (unpaired) electrons.